The first-order valence-corrected chi connectivity index (χ1v) is 7.42. The summed E-state index contributed by atoms with van der Waals surface area (Å²) in [6, 6.07) is 6.09. The molecule has 1 aliphatic heterocycles. The van der Waals surface area contributed by atoms with Gasteiger partial charge in [0.2, 0.25) is 0 Å². The highest BCUT2D eigenvalue weighted by Crippen LogP contribution is 2.41. The van der Waals surface area contributed by atoms with Gasteiger partial charge in [-0.15, -0.1) is 0 Å². The predicted octanol–water partition coefficient (Wildman–Crippen LogP) is 2.57. The van der Waals surface area contributed by atoms with E-state index in [2.05, 4.69) is 17.0 Å². The number of aliphatic hydroxyl groups is 1. The molecule has 4 heteroatoms. The lowest BCUT2D eigenvalue weighted by molar-refractivity contribution is 0.133. The largest absolute Gasteiger partial charge is 0.393 e. The van der Waals surface area contributed by atoms with Gasteiger partial charge in [0.05, 0.1) is 16.8 Å². The van der Waals surface area contributed by atoms with Gasteiger partial charge >= 0.3 is 0 Å². The first kappa shape index (κ1) is 13.2. The molecule has 1 heterocycles. The third kappa shape index (κ3) is 2.35. The Labute approximate surface area is 119 Å². The van der Waals surface area contributed by atoms with Crippen LogP contribution in [-0.4, -0.2) is 24.3 Å². The number of rotatable bonds is 2. The van der Waals surface area contributed by atoms with Crippen LogP contribution in [-0.2, 0) is 0 Å². The van der Waals surface area contributed by atoms with Crippen molar-refractivity contribution >= 4 is 17.3 Å². The lowest BCUT2D eigenvalue weighted by Gasteiger charge is -2.22. The summed E-state index contributed by atoms with van der Waals surface area (Å²) in [4.78, 5) is 2.31. The molecule has 1 aromatic carbocycles. The normalized spacial score (nSPS) is 31.6. The van der Waals surface area contributed by atoms with Crippen LogP contribution in [0.1, 0.15) is 31.4 Å². The van der Waals surface area contributed by atoms with Crippen molar-refractivity contribution in [3.8, 4) is 0 Å². The van der Waals surface area contributed by atoms with E-state index in [-0.39, 0.29) is 12.1 Å². The van der Waals surface area contributed by atoms with Crippen molar-refractivity contribution < 1.29 is 5.11 Å². The number of benzene rings is 1. The quantitative estimate of drug-likeness (QED) is 0.875. The van der Waals surface area contributed by atoms with Crippen molar-refractivity contribution in [2.45, 2.75) is 31.9 Å². The first-order valence-electron chi connectivity index (χ1n) is 7.04. The average molecular weight is 281 g/mol. The van der Waals surface area contributed by atoms with E-state index in [0.717, 1.165) is 42.2 Å². The molecule has 0 aromatic heterocycles. The maximum absolute atomic E-state index is 9.97. The van der Waals surface area contributed by atoms with Gasteiger partial charge in [-0.25, -0.2) is 0 Å². The zero-order chi connectivity index (χ0) is 13.6. The van der Waals surface area contributed by atoms with Gasteiger partial charge in [0.15, 0.2) is 0 Å². The minimum Gasteiger partial charge on any atom is -0.393 e. The highest BCUT2D eigenvalue weighted by atomic mass is 35.5. The summed E-state index contributed by atoms with van der Waals surface area (Å²) in [5, 5.41) is 10.7. The van der Waals surface area contributed by atoms with E-state index < -0.39 is 0 Å². The van der Waals surface area contributed by atoms with Crippen LogP contribution < -0.4 is 10.6 Å². The summed E-state index contributed by atoms with van der Waals surface area (Å²) >= 11 is 6.39. The van der Waals surface area contributed by atoms with E-state index in [0.29, 0.717) is 11.8 Å². The molecule has 3 nitrogen and oxygen atoms in total. The zero-order valence-corrected chi connectivity index (χ0v) is 12.0. The molecule has 3 rings (SSSR count). The standard InChI is InChI=1S/C15H21ClN2O/c1-9(17)10-2-4-14(13(16)6-10)18-7-11-3-5-15(19)12(11)8-18/h2,4,6,9,11-12,15,19H,3,5,7-8,17H2,1H3. The predicted molar refractivity (Wildman–Crippen MR) is 78.5 cm³/mol. The fourth-order valence-corrected chi connectivity index (χ4v) is 3.80. The summed E-state index contributed by atoms with van der Waals surface area (Å²) in [7, 11) is 0. The maximum Gasteiger partial charge on any atom is 0.0642 e. The van der Waals surface area contributed by atoms with Gasteiger partial charge in [-0.2, -0.15) is 0 Å². The van der Waals surface area contributed by atoms with Gasteiger partial charge in [-0.3, -0.25) is 0 Å². The van der Waals surface area contributed by atoms with Gasteiger partial charge in [0.25, 0.3) is 0 Å². The number of nitrogens with zero attached hydrogens (tertiary/aromatic N) is 1. The molecule has 2 fully saturated rings. The van der Waals surface area contributed by atoms with Crippen molar-refractivity contribution in [2.75, 3.05) is 18.0 Å². The van der Waals surface area contributed by atoms with Crippen LogP contribution in [0.25, 0.3) is 0 Å². The first-order chi connectivity index (χ1) is 9.06. The number of hydrogen-bond donors (Lipinski definition) is 2. The summed E-state index contributed by atoms with van der Waals surface area (Å²) in [6.07, 6.45) is 1.97. The van der Waals surface area contributed by atoms with Gasteiger partial charge in [0, 0.05) is 25.0 Å². The van der Waals surface area contributed by atoms with Crippen LogP contribution >= 0.6 is 11.6 Å². The Hall–Kier alpha value is -0.770. The smallest absolute Gasteiger partial charge is 0.0642 e. The number of hydrogen-bond acceptors (Lipinski definition) is 3. The molecule has 1 saturated heterocycles. The minimum atomic E-state index is -0.128. The molecular weight excluding hydrogens is 260 g/mol. The molecule has 4 atom stereocenters. The number of aliphatic hydroxyl groups excluding tert-OH is 1. The van der Waals surface area contributed by atoms with Crippen molar-refractivity contribution in [3.63, 3.8) is 0 Å². The molecular formula is C15H21ClN2O. The molecule has 1 saturated carbocycles. The fraction of sp³-hybridized carbons (Fsp3) is 0.600. The van der Waals surface area contributed by atoms with Crippen molar-refractivity contribution in [1.29, 1.82) is 0 Å². The molecule has 104 valence electrons. The third-order valence-corrected chi connectivity index (χ3v) is 4.96. The zero-order valence-electron chi connectivity index (χ0n) is 11.2. The van der Waals surface area contributed by atoms with Crippen LogP contribution in [0.15, 0.2) is 18.2 Å². The van der Waals surface area contributed by atoms with Crippen LogP contribution in [0.5, 0.6) is 0 Å². The SMILES string of the molecule is CC(N)c1ccc(N2CC3CCC(O)C3C2)c(Cl)c1. The molecule has 2 aliphatic rings. The summed E-state index contributed by atoms with van der Waals surface area (Å²) in [5.74, 6) is 1.04. The second kappa shape index (κ2) is 4.97. The Morgan fingerprint density at radius 1 is 1.37 bits per heavy atom. The molecule has 4 unspecified atom stereocenters. The molecule has 0 spiro atoms. The molecule has 1 aliphatic carbocycles. The minimum absolute atomic E-state index is 0.00586. The van der Waals surface area contributed by atoms with E-state index in [1.165, 1.54) is 0 Å². The summed E-state index contributed by atoms with van der Waals surface area (Å²) in [5.41, 5.74) is 8.01. The second-order valence-corrected chi connectivity index (χ2v) is 6.38. The van der Waals surface area contributed by atoms with Crippen molar-refractivity contribution in [1.82, 2.24) is 0 Å². The van der Waals surface area contributed by atoms with Gasteiger partial charge in [-0.05, 0) is 43.4 Å². The van der Waals surface area contributed by atoms with E-state index in [1.54, 1.807) is 0 Å². The maximum atomic E-state index is 9.97. The fourth-order valence-electron chi connectivity index (χ4n) is 3.50. The number of nitrogens with two attached hydrogens (primary N) is 1. The number of fused-ring (bicyclic) bond motifs is 1. The van der Waals surface area contributed by atoms with E-state index >= 15 is 0 Å². The van der Waals surface area contributed by atoms with Crippen LogP contribution in [0.4, 0.5) is 5.69 Å². The lowest BCUT2D eigenvalue weighted by Crippen LogP contribution is -2.24. The van der Waals surface area contributed by atoms with Crippen LogP contribution in [0.2, 0.25) is 5.02 Å². The number of anilines is 1. The lowest BCUT2D eigenvalue weighted by atomic mass is 10.00. The molecule has 19 heavy (non-hydrogen) atoms. The number of halogens is 1. The van der Waals surface area contributed by atoms with Crippen molar-refractivity contribution in [2.24, 2.45) is 17.6 Å². The van der Waals surface area contributed by atoms with E-state index in [9.17, 15) is 5.11 Å². The molecule has 1 aromatic rings. The summed E-state index contributed by atoms with van der Waals surface area (Å²) < 4.78 is 0. The monoisotopic (exact) mass is 280 g/mol. The van der Waals surface area contributed by atoms with Gasteiger partial charge in [-0.1, -0.05) is 17.7 Å². The Balaban J connectivity index is 1.80. The Kier molecular flexibility index (Phi) is 3.46. The van der Waals surface area contributed by atoms with Gasteiger partial charge < -0.3 is 15.7 Å². The molecule has 0 bridgehead atoms. The molecule has 0 amide bonds. The summed E-state index contributed by atoms with van der Waals surface area (Å²) in [6.45, 7) is 3.89. The Morgan fingerprint density at radius 2 is 2.16 bits per heavy atom. The van der Waals surface area contributed by atoms with Crippen molar-refractivity contribution in [3.05, 3.63) is 28.8 Å². The van der Waals surface area contributed by atoms with Gasteiger partial charge in [0.1, 0.15) is 0 Å². The van der Waals surface area contributed by atoms with E-state index in [1.807, 2.05) is 13.0 Å². The van der Waals surface area contributed by atoms with Crippen LogP contribution in [0, 0.1) is 11.8 Å². The topological polar surface area (TPSA) is 49.5 Å². The highest BCUT2D eigenvalue weighted by molar-refractivity contribution is 6.33. The Bertz CT molecular complexity index is 477. The average Bonchev–Trinajstić information content (AvgIpc) is 2.92. The molecule has 3 N–H and O–H groups in total. The molecule has 0 radical (unpaired) electrons. The second-order valence-electron chi connectivity index (χ2n) is 5.97. The Morgan fingerprint density at radius 3 is 2.79 bits per heavy atom. The highest BCUT2D eigenvalue weighted by Gasteiger charge is 2.42. The van der Waals surface area contributed by atoms with Crippen LogP contribution in [0.3, 0.4) is 0 Å². The third-order valence-electron chi connectivity index (χ3n) is 4.66. The van der Waals surface area contributed by atoms with E-state index in [4.69, 9.17) is 17.3 Å².